The molecular weight excluding hydrogens is 312 g/mol. The molecule has 0 radical (unpaired) electrons. The summed E-state index contributed by atoms with van der Waals surface area (Å²) >= 11 is 0. The van der Waals surface area contributed by atoms with Crippen LogP contribution in [-0.2, 0) is 17.2 Å². The summed E-state index contributed by atoms with van der Waals surface area (Å²) in [6.07, 6.45) is -9.15. The molecule has 0 fully saturated rings. The summed E-state index contributed by atoms with van der Waals surface area (Å²) < 4.78 is 76.9. The van der Waals surface area contributed by atoms with Crippen molar-refractivity contribution in [1.29, 1.82) is 0 Å². The second-order valence-corrected chi connectivity index (χ2v) is 5.15. The summed E-state index contributed by atoms with van der Waals surface area (Å²) in [6, 6.07) is 1.49. The molecule has 1 aromatic carbocycles. The van der Waals surface area contributed by atoms with Gasteiger partial charge in [0, 0.05) is 0 Å². The average Bonchev–Trinajstić information content (AvgIpc) is 2.61. The van der Waals surface area contributed by atoms with Crippen LogP contribution in [0.2, 0.25) is 0 Å². The Balaban J connectivity index is 2.46. The van der Waals surface area contributed by atoms with Crippen LogP contribution < -0.4 is 0 Å². The highest BCUT2D eigenvalue weighted by Gasteiger charge is 2.37. The zero-order chi connectivity index (χ0) is 16.5. The lowest BCUT2D eigenvalue weighted by Crippen LogP contribution is -2.13. The molecule has 122 valence electrons. The first-order valence-electron chi connectivity index (χ1n) is 6.56. The van der Waals surface area contributed by atoms with Crippen molar-refractivity contribution in [3.05, 3.63) is 34.9 Å². The van der Waals surface area contributed by atoms with Crippen LogP contribution in [0.15, 0.2) is 23.4 Å². The zero-order valence-electron chi connectivity index (χ0n) is 11.6. The highest BCUT2D eigenvalue weighted by atomic mass is 19.4. The van der Waals surface area contributed by atoms with Crippen LogP contribution in [0.3, 0.4) is 0 Å². The summed E-state index contributed by atoms with van der Waals surface area (Å²) in [5.74, 6) is 0. The molecule has 22 heavy (non-hydrogen) atoms. The molecule has 2 nitrogen and oxygen atoms in total. The van der Waals surface area contributed by atoms with Crippen LogP contribution >= 0.6 is 0 Å². The Kier molecular flexibility index (Phi) is 4.39. The largest absolute Gasteiger partial charge is 0.416 e. The third-order valence-corrected chi connectivity index (χ3v) is 3.32. The second kappa shape index (κ2) is 5.81. The molecule has 0 saturated heterocycles. The molecule has 0 aromatic heterocycles. The van der Waals surface area contributed by atoms with E-state index in [9.17, 15) is 26.3 Å². The van der Waals surface area contributed by atoms with E-state index in [1.165, 1.54) is 0 Å². The lowest BCUT2D eigenvalue weighted by atomic mass is 9.98. The summed E-state index contributed by atoms with van der Waals surface area (Å²) in [5.41, 5.74) is -2.19. The highest BCUT2D eigenvalue weighted by Crippen LogP contribution is 2.39. The fourth-order valence-electron chi connectivity index (χ4n) is 2.19. The van der Waals surface area contributed by atoms with Gasteiger partial charge >= 0.3 is 12.4 Å². The predicted octanol–water partition coefficient (Wildman–Crippen LogP) is 5.34. The minimum Gasteiger partial charge on any atom is -0.388 e. The Hall–Kier alpha value is -1.73. The normalized spacial score (nSPS) is 20.1. The number of halogens is 6. The maximum atomic E-state index is 12.8. The fourth-order valence-corrected chi connectivity index (χ4v) is 2.19. The van der Waals surface area contributed by atoms with Gasteiger partial charge in [0.25, 0.3) is 0 Å². The number of alkyl halides is 6. The van der Waals surface area contributed by atoms with Crippen LogP contribution in [0.5, 0.6) is 0 Å². The van der Waals surface area contributed by atoms with Crippen molar-refractivity contribution < 1.29 is 31.2 Å². The van der Waals surface area contributed by atoms with Crippen LogP contribution in [0.25, 0.3) is 0 Å². The second-order valence-electron chi connectivity index (χ2n) is 5.15. The molecule has 0 bridgehead atoms. The third kappa shape index (κ3) is 3.92. The lowest BCUT2D eigenvalue weighted by molar-refractivity contribution is -0.143. The van der Waals surface area contributed by atoms with Crippen molar-refractivity contribution in [3.63, 3.8) is 0 Å². The number of hydrogen-bond donors (Lipinski definition) is 0. The Morgan fingerprint density at radius 3 is 2.05 bits per heavy atom. The van der Waals surface area contributed by atoms with Crippen molar-refractivity contribution in [3.8, 4) is 0 Å². The quantitative estimate of drug-likeness (QED) is 0.639. The van der Waals surface area contributed by atoms with Crippen molar-refractivity contribution in [1.82, 2.24) is 0 Å². The van der Waals surface area contributed by atoms with Crippen LogP contribution in [0, 0.1) is 0 Å². The molecule has 1 aliphatic rings. The minimum absolute atomic E-state index is 0.106. The van der Waals surface area contributed by atoms with Gasteiger partial charge in [-0.3, -0.25) is 0 Å². The van der Waals surface area contributed by atoms with Crippen LogP contribution in [-0.4, -0.2) is 5.71 Å². The van der Waals surface area contributed by atoms with Gasteiger partial charge in [-0.05, 0) is 49.9 Å². The van der Waals surface area contributed by atoms with E-state index in [4.69, 9.17) is 4.84 Å². The first-order chi connectivity index (χ1) is 10.1. The molecule has 1 aromatic rings. The first-order valence-corrected chi connectivity index (χ1v) is 6.56. The van der Waals surface area contributed by atoms with Gasteiger partial charge in [-0.25, -0.2) is 0 Å². The van der Waals surface area contributed by atoms with E-state index in [2.05, 4.69) is 5.16 Å². The standard InChI is InChI=1S/C14H13F6NO/c1-8-3-2-4-12(22-21-8)9-5-10(13(15,16)17)7-11(6-9)14(18,19)20/h5-7,12H,2-4H2,1H3. The number of hydrogen-bond acceptors (Lipinski definition) is 2. The average molecular weight is 325 g/mol. The molecule has 0 N–H and O–H groups in total. The molecule has 1 atom stereocenters. The van der Waals surface area contributed by atoms with Crippen molar-refractivity contribution in [2.75, 3.05) is 0 Å². The fraction of sp³-hybridized carbons (Fsp3) is 0.500. The van der Waals surface area contributed by atoms with E-state index in [-0.39, 0.29) is 11.6 Å². The molecule has 0 spiro atoms. The smallest absolute Gasteiger partial charge is 0.388 e. The monoisotopic (exact) mass is 325 g/mol. The van der Waals surface area contributed by atoms with E-state index < -0.39 is 29.6 Å². The van der Waals surface area contributed by atoms with Gasteiger partial charge in [0.1, 0.15) is 0 Å². The van der Waals surface area contributed by atoms with Gasteiger partial charge in [-0.2, -0.15) is 26.3 Å². The Labute approximate surface area is 122 Å². The number of benzene rings is 1. The third-order valence-electron chi connectivity index (χ3n) is 3.32. The van der Waals surface area contributed by atoms with E-state index >= 15 is 0 Å². The minimum atomic E-state index is -4.86. The van der Waals surface area contributed by atoms with Gasteiger partial charge in [-0.15, -0.1) is 0 Å². The molecule has 2 rings (SSSR count). The highest BCUT2D eigenvalue weighted by molar-refractivity contribution is 5.81. The molecule has 0 aliphatic carbocycles. The van der Waals surface area contributed by atoms with Gasteiger partial charge < -0.3 is 4.84 Å². The Bertz CT molecular complexity index is 543. The van der Waals surface area contributed by atoms with Crippen molar-refractivity contribution in [2.24, 2.45) is 5.16 Å². The molecule has 8 heteroatoms. The number of nitrogens with zero attached hydrogens (tertiary/aromatic N) is 1. The molecule has 1 unspecified atom stereocenters. The van der Waals surface area contributed by atoms with Gasteiger partial charge in [-0.1, -0.05) is 5.16 Å². The molecular formula is C14H13F6NO. The molecule has 0 amide bonds. The van der Waals surface area contributed by atoms with Crippen LogP contribution in [0.4, 0.5) is 26.3 Å². The predicted molar refractivity (Wildman–Crippen MR) is 67.2 cm³/mol. The first kappa shape index (κ1) is 16.6. The molecule has 1 heterocycles. The summed E-state index contributed by atoms with van der Waals surface area (Å²) in [4.78, 5) is 5.09. The number of rotatable bonds is 1. The Morgan fingerprint density at radius 1 is 1.00 bits per heavy atom. The van der Waals surface area contributed by atoms with Gasteiger partial charge in [0.2, 0.25) is 0 Å². The van der Waals surface area contributed by atoms with E-state index in [1.54, 1.807) is 6.92 Å². The van der Waals surface area contributed by atoms with E-state index in [0.717, 1.165) is 0 Å². The topological polar surface area (TPSA) is 21.6 Å². The summed E-state index contributed by atoms with van der Waals surface area (Å²) in [6.45, 7) is 1.69. The SMILES string of the molecule is CC1=NOC(c2cc(C(F)(F)F)cc(C(F)(F)F)c2)CCC1. The van der Waals surface area contributed by atoms with Crippen molar-refractivity contribution in [2.45, 2.75) is 44.6 Å². The molecule has 0 saturated carbocycles. The van der Waals surface area contributed by atoms with Gasteiger partial charge in [0.05, 0.1) is 16.8 Å². The van der Waals surface area contributed by atoms with Gasteiger partial charge in [0.15, 0.2) is 6.10 Å². The van der Waals surface area contributed by atoms with E-state index in [0.29, 0.717) is 37.1 Å². The number of oxime groups is 1. The van der Waals surface area contributed by atoms with E-state index in [1.807, 2.05) is 0 Å². The summed E-state index contributed by atoms with van der Waals surface area (Å²) in [7, 11) is 0. The Morgan fingerprint density at radius 2 is 1.55 bits per heavy atom. The summed E-state index contributed by atoms with van der Waals surface area (Å²) in [5, 5.41) is 3.72. The molecule has 1 aliphatic heterocycles. The maximum absolute atomic E-state index is 12.8. The van der Waals surface area contributed by atoms with Crippen molar-refractivity contribution >= 4 is 5.71 Å². The zero-order valence-corrected chi connectivity index (χ0v) is 11.6. The maximum Gasteiger partial charge on any atom is 0.416 e. The lowest BCUT2D eigenvalue weighted by Gasteiger charge is -2.18. The van der Waals surface area contributed by atoms with Crippen LogP contribution in [0.1, 0.15) is 49.0 Å².